The molecule has 0 aliphatic heterocycles. The Kier molecular flexibility index (Phi) is 5.17. The lowest BCUT2D eigenvalue weighted by atomic mass is 10.2. The lowest BCUT2D eigenvalue weighted by molar-refractivity contribution is -0.146. The van der Waals surface area contributed by atoms with E-state index in [2.05, 4.69) is 31.6 Å². The van der Waals surface area contributed by atoms with Crippen LogP contribution < -0.4 is 5.32 Å². The molecule has 0 bridgehead atoms. The summed E-state index contributed by atoms with van der Waals surface area (Å²) in [6, 6.07) is 7.64. The Morgan fingerprint density at radius 2 is 2.00 bits per heavy atom. The van der Waals surface area contributed by atoms with Crippen LogP contribution >= 0.6 is 15.9 Å². The molecule has 132 valence electrons. The number of halogens is 1. The first-order chi connectivity index (χ1) is 12.0. The predicted octanol–water partition coefficient (Wildman–Crippen LogP) is 2.59. The highest BCUT2D eigenvalue weighted by Crippen LogP contribution is 2.42. The third-order valence-electron chi connectivity index (χ3n) is 3.72. The third kappa shape index (κ3) is 4.25. The van der Waals surface area contributed by atoms with E-state index in [0.717, 1.165) is 28.7 Å². The molecular weight excluding hydrogens is 388 g/mol. The van der Waals surface area contributed by atoms with E-state index in [0.29, 0.717) is 0 Å². The van der Waals surface area contributed by atoms with Gasteiger partial charge in [0.1, 0.15) is 6.54 Å². The van der Waals surface area contributed by atoms with E-state index in [9.17, 15) is 9.59 Å². The van der Waals surface area contributed by atoms with Gasteiger partial charge < -0.3 is 10.1 Å². The average Bonchev–Trinajstić information content (AvgIpc) is 3.31. The number of carbonyl (C=O) groups excluding carboxylic acids is 2. The fourth-order valence-electron chi connectivity index (χ4n) is 2.49. The van der Waals surface area contributed by atoms with Crippen molar-refractivity contribution in [3.05, 3.63) is 40.1 Å². The van der Waals surface area contributed by atoms with Crippen molar-refractivity contribution in [3.8, 4) is 5.69 Å². The lowest BCUT2D eigenvalue weighted by Crippen LogP contribution is -2.32. The van der Waals surface area contributed by atoms with Crippen LogP contribution in [0.15, 0.2) is 28.7 Å². The molecule has 7 nitrogen and oxygen atoms in total. The number of rotatable bonds is 6. The molecule has 25 heavy (non-hydrogen) atoms. The first kappa shape index (κ1) is 17.6. The van der Waals surface area contributed by atoms with Gasteiger partial charge in [-0.3, -0.25) is 9.59 Å². The summed E-state index contributed by atoms with van der Waals surface area (Å²) in [5.41, 5.74) is 1.90. The van der Waals surface area contributed by atoms with Gasteiger partial charge in [-0.25, -0.2) is 4.68 Å². The van der Waals surface area contributed by atoms with Gasteiger partial charge in [0.25, 0.3) is 5.91 Å². The maximum Gasteiger partial charge on any atom is 0.325 e. The highest BCUT2D eigenvalue weighted by Gasteiger charge is 2.34. The molecule has 0 spiro atoms. The molecular formula is C17H19BrN4O3. The minimum Gasteiger partial charge on any atom is -0.462 e. The van der Waals surface area contributed by atoms with Gasteiger partial charge in [-0.05, 0) is 51.0 Å². The third-order valence-corrected chi connectivity index (χ3v) is 4.24. The molecule has 0 atom stereocenters. The topological polar surface area (TPSA) is 86.1 Å². The van der Waals surface area contributed by atoms with Crippen molar-refractivity contribution in [2.45, 2.75) is 38.7 Å². The van der Waals surface area contributed by atoms with Crippen molar-refractivity contribution < 1.29 is 14.3 Å². The molecule has 0 unspecified atom stereocenters. The number of aromatic nitrogens is 3. The number of hydrogen-bond donors (Lipinski definition) is 1. The van der Waals surface area contributed by atoms with E-state index >= 15 is 0 Å². The molecule has 1 fully saturated rings. The van der Waals surface area contributed by atoms with E-state index in [-0.39, 0.29) is 24.3 Å². The van der Waals surface area contributed by atoms with Crippen LogP contribution in [0.5, 0.6) is 0 Å². The van der Waals surface area contributed by atoms with Crippen LogP contribution in [0.4, 0.5) is 0 Å². The maximum atomic E-state index is 12.4. The number of nitrogens with zero attached hydrogens (tertiary/aromatic N) is 3. The zero-order chi connectivity index (χ0) is 18.0. The van der Waals surface area contributed by atoms with Gasteiger partial charge in [0, 0.05) is 10.4 Å². The standard InChI is InChI=1S/C17H19BrN4O3/c1-10(2)25-14(23)9-19-17(24)15-16(11-3-4-11)22(21-20-15)13-7-5-12(18)6-8-13/h5-8,10-11H,3-4,9H2,1-2H3,(H,19,24). The molecule has 1 N–H and O–H groups in total. The van der Waals surface area contributed by atoms with Gasteiger partial charge in [-0.15, -0.1) is 5.10 Å². The molecule has 1 aliphatic carbocycles. The van der Waals surface area contributed by atoms with Crippen LogP contribution in [0.1, 0.15) is 48.8 Å². The molecule has 1 aliphatic rings. The number of benzene rings is 1. The highest BCUT2D eigenvalue weighted by atomic mass is 79.9. The Morgan fingerprint density at radius 3 is 2.60 bits per heavy atom. The van der Waals surface area contributed by atoms with Crippen LogP contribution in [-0.2, 0) is 9.53 Å². The largest absolute Gasteiger partial charge is 0.462 e. The van der Waals surface area contributed by atoms with Gasteiger partial charge >= 0.3 is 5.97 Å². The highest BCUT2D eigenvalue weighted by molar-refractivity contribution is 9.10. The molecule has 2 aromatic rings. The smallest absolute Gasteiger partial charge is 0.325 e. The normalized spacial score (nSPS) is 13.8. The monoisotopic (exact) mass is 406 g/mol. The lowest BCUT2D eigenvalue weighted by Gasteiger charge is -2.09. The van der Waals surface area contributed by atoms with Gasteiger partial charge in [-0.2, -0.15) is 0 Å². The molecule has 1 aromatic heterocycles. The summed E-state index contributed by atoms with van der Waals surface area (Å²) < 4.78 is 7.68. The second-order valence-corrected chi connectivity index (χ2v) is 7.12. The second-order valence-electron chi connectivity index (χ2n) is 6.21. The van der Waals surface area contributed by atoms with Crippen LogP contribution in [0.25, 0.3) is 5.69 Å². The maximum absolute atomic E-state index is 12.4. The molecule has 1 heterocycles. The fraction of sp³-hybridized carbons (Fsp3) is 0.412. The van der Waals surface area contributed by atoms with Crippen LogP contribution in [0.3, 0.4) is 0 Å². The molecule has 0 radical (unpaired) electrons. The zero-order valence-electron chi connectivity index (χ0n) is 14.0. The molecule has 0 saturated heterocycles. The first-order valence-corrected chi connectivity index (χ1v) is 8.94. The summed E-state index contributed by atoms with van der Waals surface area (Å²) in [6.45, 7) is 3.33. The van der Waals surface area contributed by atoms with Gasteiger partial charge in [-0.1, -0.05) is 21.1 Å². The molecule has 1 amide bonds. The summed E-state index contributed by atoms with van der Waals surface area (Å²) >= 11 is 3.40. The Bertz CT molecular complexity index is 782. The number of hydrogen-bond acceptors (Lipinski definition) is 5. The average molecular weight is 407 g/mol. The quantitative estimate of drug-likeness (QED) is 0.744. The first-order valence-electron chi connectivity index (χ1n) is 8.15. The Balaban J connectivity index is 1.79. The summed E-state index contributed by atoms with van der Waals surface area (Å²) in [6.07, 6.45) is 1.78. The second kappa shape index (κ2) is 7.35. The fourth-order valence-corrected chi connectivity index (χ4v) is 2.75. The van der Waals surface area contributed by atoms with E-state index in [4.69, 9.17) is 4.74 Å². The minimum absolute atomic E-state index is 0.188. The summed E-state index contributed by atoms with van der Waals surface area (Å²) in [5, 5.41) is 10.8. The van der Waals surface area contributed by atoms with E-state index in [1.54, 1.807) is 18.5 Å². The number of nitrogens with one attached hydrogen (secondary N) is 1. The van der Waals surface area contributed by atoms with Crippen molar-refractivity contribution in [2.75, 3.05) is 6.54 Å². The minimum atomic E-state index is -0.475. The van der Waals surface area contributed by atoms with Gasteiger partial charge in [0.15, 0.2) is 5.69 Å². The Morgan fingerprint density at radius 1 is 1.32 bits per heavy atom. The SMILES string of the molecule is CC(C)OC(=O)CNC(=O)c1nnn(-c2ccc(Br)cc2)c1C1CC1. The zero-order valence-corrected chi connectivity index (χ0v) is 15.6. The van der Waals surface area contributed by atoms with Gasteiger partial charge in [0.2, 0.25) is 0 Å². The van der Waals surface area contributed by atoms with E-state index < -0.39 is 11.9 Å². The summed E-state index contributed by atoms with van der Waals surface area (Å²) in [5.74, 6) is -0.621. The van der Waals surface area contributed by atoms with Crippen LogP contribution in [-0.4, -0.2) is 39.5 Å². The Labute approximate surface area is 153 Å². The van der Waals surface area contributed by atoms with Crippen molar-refractivity contribution >= 4 is 27.8 Å². The predicted molar refractivity (Wildman–Crippen MR) is 94.6 cm³/mol. The van der Waals surface area contributed by atoms with E-state index in [1.807, 2.05) is 24.3 Å². The molecule has 1 aromatic carbocycles. The number of carbonyl (C=O) groups is 2. The van der Waals surface area contributed by atoms with Crippen molar-refractivity contribution in [1.82, 2.24) is 20.3 Å². The van der Waals surface area contributed by atoms with Crippen LogP contribution in [0, 0.1) is 0 Å². The van der Waals surface area contributed by atoms with Gasteiger partial charge in [0.05, 0.1) is 17.5 Å². The van der Waals surface area contributed by atoms with E-state index in [1.165, 1.54) is 0 Å². The Hall–Kier alpha value is -2.22. The summed E-state index contributed by atoms with van der Waals surface area (Å²) in [4.78, 5) is 24.0. The summed E-state index contributed by atoms with van der Waals surface area (Å²) in [7, 11) is 0. The molecule has 8 heteroatoms. The van der Waals surface area contributed by atoms with Crippen molar-refractivity contribution in [3.63, 3.8) is 0 Å². The van der Waals surface area contributed by atoms with Crippen LogP contribution in [0.2, 0.25) is 0 Å². The van der Waals surface area contributed by atoms with Crippen molar-refractivity contribution in [2.24, 2.45) is 0 Å². The number of esters is 1. The van der Waals surface area contributed by atoms with Crippen molar-refractivity contribution in [1.29, 1.82) is 0 Å². The number of amides is 1. The number of ether oxygens (including phenoxy) is 1. The molecule has 3 rings (SSSR count). The molecule has 1 saturated carbocycles.